The summed E-state index contributed by atoms with van der Waals surface area (Å²) >= 11 is 0. The Bertz CT molecular complexity index is 632. The number of carbonyl (C=O) groups excluding carboxylic acids is 1. The molecule has 1 aliphatic rings. The highest BCUT2D eigenvalue weighted by Gasteiger charge is 2.44. The third-order valence-corrected chi connectivity index (χ3v) is 4.51. The molecule has 1 saturated heterocycles. The highest BCUT2D eigenvalue weighted by atomic mass is 19.1. The van der Waals surface area contributed by atoms with Crippen LogP contribution in [-0.4, -0.2) is 64.5 Å². The van der Waals surface area contributed by atoms with Gasteiger partial charge < -0.3 is 19.6 Å². The van der Waals surface area contributed by atoms with E-state index < -0.39 is 36.0 Å². The zero-order valence-electron chi connectivity index (χ0n) is 15.7. The van der Waals surface area contributed by atoms with Crippen molar-refractivity contribution >= 4 is 12.2 Å². The van der Waals surface area contributed by atoms with E-state index in [1.54, 1.807) is 20.8 Å². The lowest BCUT2D eigenvalue weighted by molar-refractivity contribution is -0.0173. The fraction of sp³-hybridized carbons (Fsp3) is 0.579. The predicted molar refractivity (Wildman–Crippen MR) is 96.0 cm³/mol. The summed E-state index contributed by atoms with van der Waals surface area (Å²) in [5, 5.41) is 9.45. The molecule has 0 radical (unpaired) electrons. The van der Waals surface area contributed by atoms with E-state index in [0.29, 0.717) is 0 Å². The van der Waals surface area contributed by atoms with E-state index in [1.807, 2.05) is 30.3 Å². The van der Waals surface area contributed by atoms with E-state index in [1.165, 1.54) is 11.9 Å². The molecular formula is C19H27FN2O4. The first-order valence-electron chi connectivity index (χ1n) is 8.73. The van der Waals surface area contributed by atoms with Gasteiger partial charge in [-0.05, 0) is 39.2 Å². The molecule has 1 aromatic carbocycles. The van der Waals surface area contributed by atoms with Gasteiger partial charge in [0.2, 0.25) is 0 Å². The minimum atomic E-state index is -1.50. The Balaban J connectivity index is 2.18. The third kappa shape index (κ3) is 4.86. The van der Waals surface area contributed by atoms with E-state index in [4.69, 9.17) is 4.74 Å². The fourth-order valence-corrected chi connectivity index (χ4v) is 3.22. The summed E-state index contributed by atoms with van der Waals surface area (Å²) in [4.78, 5) is 26.2. The Hall–Kier alpha value is -2.31. The molecule has 1 aromatic rings. The zero-order chi connectivity index (χ0) is 19.5. The van der Waals surface area contributed by atoms with Crippen molar-refractivity contribution < 1.29 is 23.8 Å². The summed E-state index contributed by atoms with van der Waals surface area (Å²) in [6.07, 6.45) is -2.77. The van der Waals surface area contributed by atoms with Crippen LogP contribution in [0.1, 0.15) is 32.8 Å². The molecule has 26 heavy (non-hydrogen) atoms. The molecule has 6 nitrogen and oxygen atoms in total. The van der Waals surface area contributed by atoms with Gasteiger partial charge in [0.25, 0.3) is 0 Å². The van der Waals surface area contributed by atoms with Crippen molar-refractivity contribution in [3.63, 3.8) is 0 Å². The Morgan fingerprint density at radius 3 is 2.46 bits per heavy atom. The second kappa shape index (κ2) is 7.93. The lowest BCUT2D eigenvalue weighted by atomic mass is 9.90. The maximum atomic E-state index is 15.3. The second-order valence-corrected chi connectivity index (χ2v) is 7.62. The van der Waals surface area contributed by atoms with Gasteiger partial charge in [0, 0.05) is 13.6 Å². The van der Waals surface area contributed by atoms with Crippen LogP contribution >= 0.6 is 0 Å². The molecule has 0 spiro atoms. The molecule has 1 fully saturated rings. The number of nitrogens with zero attached hydrogens (tertiary/aromatic N) is 2. The largest absolute Gasteiger partial charge is 0.465 e. The number of carboxylic acid groups (broad SMARTS) is 1. The first-order chi connectivity index (χ1) is 12.1. The molecule has 1 aliphatic heterocycles. The van der Waals surface area contributed by atoms with Crippen LogP contribution in [0.2, 0.25) is 0 Å². The average Bonchev–Trinajstić information content (AvgIpc) is 2.55. The molecule has 3 atom stereocenters. The van der Waals surface area contributed by atoms with Crippen LogP contribution in [0.25, 0.3) is 0 Å². The molecule has 2 rings (SSSR count). The van der Waals surface area contributed by atoms with Gasteiger partial charge >= 0.3 is 12.2 Å². The number of rotatable bonds is 3. The molecule has 144 valence electrons. The number of amides is 2. The van der Waals surface area contributed by atoms with E-state index in [-0.39, 0.29) is 19.4 Å². The molecular weight excluding hydrogens is 339 g/mol. The minimum Gasteiger partial charge on any atom is -0.465 e. The first kappa shape index (κ1) is 20.0. The van der Waals surface area contributed by atoms with Gasteiger partial charge in [0.1, 0.15) is 11.8 Å². The molecule has 0 aliphatic carbocycles. The quantitative estimate of drug-likeness (QED) is 0.888. The number of hydrogen-bond acceptors (Lipinski definition) is 3. The Morgan fingerprint density at radius 1 is 1.31 bits per heavy atom. The van der Waals surface area contributed by atoms with E-state index in [2.05, 4.69) is 0 Å². The lowest BCUT2D eigenvalue weighted by Gasteiger charge is -2.43. The fourth-order valence-electron chi connectivity index (χ4n) is 3.22. The monoisotopic (exact) mass is 366 g/mol. The number of likely N-dealkylation sites (tertiary alicyclic amines) is 1. The molecule has 0 saturated carbocycles. The van der Waals surface area contributed by atoms with E-state index >= 15 is 4.39 Å². The van der Waals surface area contributed by atoms with E-state index in [9.17, 15) is 14.7 Å². The van der Waals surface area contributed by atoms with Crippen LogP contribution < -0.4 is 0 Å². The Morgan fingerprint density at radius 2 is 1.92 bits per heavy atom. The smallest absolute Gasteiger partial charge is 0.410 e. The van der Waals surface area contributed by atoms with Crippen molar-refractivity contribution in [3.05, 3.63) is 35.9 Å². The molecule has 1 unspecified atom stereocenters. The topological polar surface area (TPSA) is 70.1 Å². The Labute approximate surface area is 153 Å². The average molecular weight is 366 g/mol. The second-order valence-electron chi connectivity index (χ2n) is 7.62. The number of carbonyl (C=O) groups is 2. The summed E-state index contributed by atoms with van der Waals surface area (Å²) in [7, 11) is 1.50. The van der Waals surface area contributed by atoms with Crippen molar-refractivity contribution in [1.29, 1.82) is 0 Å². The maximum absolute atomic E-state index is 15.3. The van der Waals surface area contributed by atoms with Crippen LogP contribution in [0, 0.1) is 0 Å². The predicted octanol–water partition coefficient (Wildman–Crippen LogP) is 3.56. The van der Waals surface area contributed by atoms with Crippen LogP contribution in [0.3, 0.4) is 0 Å². The van der Waals surface area contributed by atoms with Gasteiger partial charge in [0.05, 0.1) is 12.1 Å². The highest BCUT2D eigenvalue weighted by molar-refractivity contribution is 5.69. The van der Waals surface area contributed by atoms with Crippen LogP contribution in [-0.2, 0) is 11.2 Å². The van der Waals surface area contributed by atoms with Gasteiger partial charge in [-0.15, -0.1) is 0 Å². The van der Waals surface area contributed by atoms with Gasteiger partial charge in [-0.2, -0.15) is 0 Å². The van der Waals surface area contributed by atoms with Crippen molar-refractivity contribution in [2.24, 2.45) is 0 Å². The van der Waals surface area contributed by atoms with Gasteiger partial charge in [-0.1, -0.05) is 30.3 Å². The molecule has 2 amide bonds. The summed E-state index contributed by atoms with van der Waals surface area (Å²) in [5.41, 5.74) is 0.175. The van der Waals surface area contributed by atoms with Crippen molar-refractivity contribution in [3.8, 4) is 0 Å². The van der Waals surface area contributed by atoms with Gasteiger partial charge in [-0.3, -0.25) is 0 Å². The standard InChI is InChI=1S/C19H27FN2O4/c1-19(2,3)26-18(25)21(4)14-10-11-22(17(23)24)15(16(14)20)12-13-8-6-5-7-9-13/h5-9,14-16H,10-12H2,1-4H3,(H,23,24)/t14-,15?,16+/m0/s1. The van der Waals surface area contributed by atoms with Crippen molar-refractivity contribution in [2.45, 2.75) is 57.5 Å². The molecule has 0 bridgehead atoms. The molecule has 7 heteroatoms. The third-order valence-electron chi connectivity index (χ3n) is 4.51. The number of piperidine rings is 1. The van der Waals surface area contributed by atoms with Crippen molar-refractivity contribution in [2.75, 3.05) is 13.6 Å². The maximum Gasteiger partial charge on any atom is 0.410 e. The summed E-state index contributed by atoms with van der Waals surface area (Å²) in [6, 6.07) is 7.63. The normalized spacial score (nSPS) is 23.4. The summed E-state index contributed by atoms with van der Waals surface area (Å²) < 4.78 is 20.6. The molecule has 0 aromatic heterocycles. The number of halogens is 1. The lowest BCUT2D eigenvalue weighted by Crippen LogP contribution is -2.60. The number of ether oxygens (including phenoxy) is 1. The van der Waals surface area contributed by atoms with Crippen LogP contribution in [0.4, 0.5) is 14.0 Å². The highest BCUT2D eigenvalue weighted by Crippen LogP contribution is 2.28. The summed E-state index contributed by atoms with van der Waals surface area (Å²) in [6.45, 7) is 5.41. The molecule has 1 heterocycles. The summed E-state index contributed by atoms with van der Waals surface area (Å²) in [5.74, 6) is 0. The number of benzene rings is 1. The SMILES string of the molecule is CN(C(=O)OC(C)(C)C)[C@H]1CCN(C(=O)O)C(Cc2ccccc2)[C@@H]1F. The van der Waals surface area contributed by atoms with Gasteiger partial charge in [-0.25, -0.2) is 14.0 Å². The first-order valence-corrected chi connectivity index (χ1v) is 8.73. The number of hydrogen-bond donors (Lipinski definition) is 1. The van der Waals surface area contributed by atoms with E-state index in [0.717, 1.165) is 10.5 Å². The Kier molecular flexibility index (Phi) is 6.10. The minimum absolute atomic E-state index is 0.172. The van der Waals surface area contributed by atoms with Crippen LogP contribution in [0.5, 0.6) is 0 Å². The number of alkyl halides is 1. The van der Waals surface area contributed by atoms with Gasteiger partial charge in [0.15, 0.2) is 0 Å². The molecule has 1 N–H and O–H groups in total. The van der Waals surface area contributed by atoms with Crippen LogP contribution in [0.15, 0.2) is 30.3 Å². The zero-order valence-corrected chi connectivity index (χ0v) is 15.7. The van der Waals surface area contributed by atoms with Crippen molar-refractivity contribution in [1.82, 2.24) is 9.80 Å².